The van der Waals surface area contributed by atoms with Crippen LogP contribution in [0.2, 0.25) is 0 Å². The van der Waals surface area contributed by atoms with Gasteiger partial charge in [0.05, 0.1) is 18.7 Å². The summed E-state index contributed by atoms with van der Waals surface area (Å²) in [5.74, 6) is 2.60. The van der Waals surface area contributed by atoms with Crippen molar-refractivity contribution in [2.45, 2.75) is 26.3 Å². The molecule has 2 aromatic heterocycles. The molecular formula is C24H31N7O2. The van der Waals surface area contributed by atoms with Gasteiger partial charge in [-0.3, -0.25) is 4.79 Å². The van der Waals surface area contributed by atoms with Gasteiger partial charge in [-0.15, -0.1) is 0 Å². The fraction of sp³-hybridized carbons (Fsp3) is 0.500. The number of ether oxygens (including phenoxy) is 1. The molecule has 33 heavy (non-hydrogen) atoms. The molecule has 174 valence electrons. The number of carbonyl (C=O) groups is 1. The van der Waals surface area contributed by atoms with E-state index in [2.05, 4.69) is 43.9 Å². The van der Waals surface area contributed by atoms with Gasteiger partial charge in [0, 0.05) is 45.0 Å². The Morgan fingerprint density at radius 3 is 2.42 bits per heavy atom. The number of anilines is 2. The van der Waals surface area contributed by atoms with Crippen molar-refractivity contribution in [3.63, 3.8) is 0 Å². The second-order valence-corrected chi connectivity index (χ2v) is 8.97. The van der Waals surface area contributed by atoms with Crippen molar-refractivity contribution in [3.8, 4) is 5.75 Å². The Balaban J connectivity index is 1.23. The van der Waals surface area contributed by atoms with E-state index in [1.807, 2.05) is 17.0 Å². The van der Waals surface area contributed by atoms with Gasteiger partial charge >= 0.3 is 0 Å². The van der Waals surface area contributed by atoms with Gasteiger partial charge in [0.2, 0.25) is 5.91 Å². The predicted octanol–water partition coefficient (Wildman–Crippen LogP) is 2.42. The Hall–Kier alpha value is -3.36. The fourth-order valence-corrected chi connectivity index (χ4v) is 4.70. The summed E-state index contributed by atoms with van der Waals surface area (Å²) in [5, 5.41) is 5.42. The summed E-state index contributed by atoms with van der Waals surface area (Å²) in [6, 6.07) is 8.06. The second-order valence-electron chi connectivity index (χ2n) is 8.97. The number of aromatic nitrogens is 4. The third kappa shape index (κ3) is 4.44. The molecule has 1 amide bonds. The fourth-order valence-electron chi connectivity index (χ4n) is 4.70. The smallest absolute Gasteiger partial charge is 0.244 e. The van der Waals surface area contributed by atoms with Crippen molar-refractivity contribution in [1.29, 1.82) is 0 Å². The van der Waals surface area contributed by atoms with E-state index < -0.39 is 0 Å². The Morgan fingerprint density at radius 2 is 1.73 bits per heavy atom. The van der Waals surface area contributed by atoms with Gasteiger partial charge in [0.15, 0.2) is 5.65 Å². The Bertz CT molecular complexity index is 1100. The van der Waals surface area contributed by atoms with Gasteiger partial charge in [-0.2, -0.15) is 5.10 Å². The maximum Gasteiger partial charge on any atom is 0.244 e. The average Bonchev–Trinajstić information content (AvgIpc) is 3.27. The van der Waals surface area contributed by atoms with Gasteiger partial charge in [-0.1, -0.05) is 6.92 Å². The maximum absolute atomic E-state index is 13.0. The second kappa shape index (κ2) is 9.25. The van der Waals surface area contributed by atoms with E-state index >= 15 is 0 Å². The molecule has 5 rings (SSSR count). The summed E-state index contributed by atoms with van der Waals surface area (Å²) in [5.41, 5.74) is 1.88. The van der Waals surface area contributed by atoms with Crippen LogP contribution in [0.15, 0.2) is 36.8 Å². The number of nitrogens with zero attached hydrogens (tertiary/aromatic N) is 7. The number of rotatable bonds is 5. The molecule has 0 bridgehead atoms. The SMILES string of the molecule is COc1ccc(N2CCN(C(=O)Cn3ncc4c(N5CCC(C)CC5)ncnc43)CC2)cc1. The first-order valence-corrected chi connectivity index (χ1v) is 11.7. The van der Waals surface area contributed by atoms with Crippen molar-refractivity contribution in [1.82, 2.24) is 24.6 Å². The number of carbonyl (C=O) groups excluding carboxylic acids is 1. The number of piperazine rings is 1. The molecule has 3 aromatic rings. The summed E-state index contributed by atoms with van der Waals surface area (Å²) in [6.07, 6.45) is 5.73. The molecule has 9 heteroatoms. The van der Waals surface area contributed by atoms with Crippen LogP contribution in [0.25, 0.3) is 11.0 Å². The largest absolute Gasteiger partial charge is 0.497 e. The first-order valence-electron chi connectivity index (χ1n) is 11.7. The number of amides is 1. The van der Waals surface area contributed by atoms with Crippen LogP contribution in [0.5, 0.6) is 5.75 Å². The normalized spacial score (nSPS) is 17.6. The van der Waals surface area contributed by atoms with Crippen LogP contribution in [-0.2, 0) is 11.3 Å². The molecule has 0 spiro atoms. The van der Waals surface area contributed by atoms with Crippen LogP contribution < -0.4 is 14.5 Å². The van der Waals surface area contributed by atoms with Crippen molar-refractivity contribution in [2.24, 2.45) is 5.92 Å². The first-order chi connectivity index (χ1) is 16.1. The number of methoxy groups -OCH3 is 1. The van der Waals surface area contributed by atoms with Crippen LogP contribution in [0, 0.1) is 5.92 Å². The maximum atomic E-state index is 13.0. The molecule has 1 aromatic carbocycles. The lowest BCUT2D eigenvalue weighted by Gasteiger charge is -2.36. The van der Waals surface area contributed by atoms with E-state index in [0.29, 0.717) is 13.1 Å². The topological polar surface area (TPSA) is 79.6 Å². The van der Waals surface area contributed by atoms with E-state index in [1.54, 1.807) is 24.3 Å². The zero-order valence-corrected chi connectivity index (χ0v) is 19.4. The van der Waals surface area contributed by atoms with E-state index in [9.17, 15) is 4.79 Å². The zero-order chi connectivity index (χ0) is 22.8. The summed E-state index contributed by atoms with van der Waals surface area (Å²) in [7, 11) is 1.67. The monoisotopic (exact) mass is 449 g/mol. The lowest BCUT2D eigenvalue weighted by Crippen LogP contribution is -2.49. The summed E-state index contributed by atoms with van der Waals surface area (Å²) in [4.78, 5) is 28.6. The molecule has 0 saturated carbocycles. The van der Waals surface area contributed by atoms with Gasteiger partial charge < -0.3 is 19.4 Å². The van der Waals surface area contributed by atoms with Crippen LogP contribution in [0.4, 0.5) is 11.5 Å². The molecule has 2 aliphatic rings. The third-order valence-electron chi connectivity index (χ3n) is 6.85. The first kappa shape index (κ1) is 21.5. The van der Waals surface area contributed by atoms with E-state index in [0.717, 1.165) is 60.4 Å². The minimum absolute atomic E-state index is 0.0707. The highest BCUT2D eigenvalue weighted by molar-refractivity contribution is 5.88. The van der Waals surface area contributed by atoms with Gasteiger partial charge in [0.1, 0.15) is 24.4 Å². The minimum Gasteiger partial charge on any atom is -0.497 e. The van der Waals surface area contributed by atoms with Gasteiger partial charge in [0.25, 0.3) is 0 Å². The third-order valence-corrected chi connectivity index (χ3v) is 6.85. The number of hydrogen-bond acceptors (Lipinski definition) is 7. The van der Waals surface area contributed by atoms with Crippen molar-refractivity contribution in [2.75, 3.05) is 56.2 Å². The van der Waals surface area contributed by atoms with Crippen molar-refractivity contribution in [3.05, 3.63) is 36.8 Å². The molecule has 2 aliphatic heterocycles. The Kier molecular flexibility index (Phi) is 6.02. The lowest BCUT2D eigenvalue weighted by atomic mass is 9.99. The van der Waals surface area contributed by atoms with E-state index in [-0.39, 0.29) is 12.5 Å². The van der Waals surface area contributed by atoms with Crippen LogP contribution >= 0.6 is 0 Å². The Morgan fingerprint density at radius 1 is 1.00 bits per heavy atom. The van der Waals surface area contributed by atoms with Crippen LogP contribution in [0.3, 0.4) is 0 Å². The molecule has 2 saturated heterocycles. The van der Waals surface area contributed by atoms with Crippen molar-refractivity contribution >= 4 is 28.4 Å². The molecule has 0 radical (unpaired) electrons. The number of hydrogen-bond donors (Lipinski definition) is 0. The molecule has 0 aliphatic carbocycles. The van der Waals surface area contributed by atoms with Gasteiger partial charge in [-0.25, -0.2) is 14.6 Å². The van der Waals surface area contributed by atoms with Crippen LogP contribution in [-0.4, -0.2) is 76.9 Å². The minimum atomic E-state index is 0.0707. The average molecular weight is 450 g/mol. The van der Waals surface area contributed by atoms with Gasteiger partial charge in [-0.05, 0) is 43.0 Å². The van der Waals surface area contributed by atoms with E-state index in [4.69, 9.17) is 4.74 Å². The number of benzene rings is 1. The number of piperidine rings is 1. The molecular weight excluding hydrogens is 418 g/mol. The molecule has 0 unspecified atom stereocenters. The Labute approximate surface area is 194 Å². The molecule has 9 nitrogen and oxygen atoms in total. The lowest BCUT2D eigenvalue weighted by molar-refractivity contribution is -0.132. The molecule has 2 fully saturated rings. The highest BCUT2D eigenvalue weighted by atomic mass is 16.5. The van der Waals surface area contributed by atoms with E-state index in [1.165, 1.54) is 12.8 Å². The quantitative estimate of drug-likeness (QED) is 0.592. The standard InChI is InChI=1S/C24H31N7O2/c1-18-7-9-30(10-8-18)23-21-15-27-31(24(21)26-17-25-23)16-22(32)29-13-11-28(12-14-29)19-3-5-20(33-2)6-4-19/h3-6,15,17-18H,7-14,16H2,1-2H3. The zero-order valence-electron chi connectivity index (χ0n) is 19.4. The molecule has 0 atom stereocenters. The highest BCUT2D eigenvalue weighted by Crippen LogP contribution is 2.27. The predicted molar refractivity (Wildman–Crippen MR) is 128 cm³/mol. The molecule has 0 N–H and O–H groups in total. The summed E-state index contributed by atoms with van der Waals surface area (Å²) >= 11 is 0. The molecule has 4 heterocycles. The highest BCUT2D eigenvalue weighted by Gasteiger charge is 2.24. The summed E-state index contributed by atoms with van der Waals surface area (Å²) in [6.45, 7) is 7.47. The summed E-state index contributed by atoms with van der Waals surface area (Å²) < 4.78 is 6.95. The van der Waals surface area contributed by atoms with Crippen molar-refractivity contribution < 1.29 is 9.53 Å². The number of fused-ring (bicyclic) bond motifs is 1. The van der Waals surface area contributed by atoms with Crippen LogP contribution in [0.1, 0.15) is 19.8 Å².